The van der Waals surface area contributed by atoms with Gasteiger partial charge in [0.05, 0.1) is 13.2 Å². The molecule has 2 aromatic carbocycles. The standard InChI is InChI=1S/C20H19NO4/c1-24-18-9-7-16(8-10-18)19-13-17(22)11-12-21(19)20(23)25-14-15-5-3-2-4-6-15/h2-12,19H,13-14H2,1H3. The van der Waals surface area contributed by atoms with Crippen LogP contribution < -0.4 is 4.74 Å². The molecule has 1 unspecified atom stereocenters. The van der Waals surface area contributed by atoms with Crippen LogP contribution in [0.5, 0.6) is 5.75 Å². The van der Waals surface area contributed by atoms with Crippen LogP contribution >= 0.6 is 0 Å². The number of hydrogen-bond acceptors (Lipinski definition) is 4. The van der Waals surface area contributed by atoms with Gasteiger partial charge in [-0.2, -0.15) is 0 Å². The molecule has 5 nitrogen and oxygen atoms in total. The number of carbonyl (C=O) groups excluding carboxylic acids is 2. The molecule has 0 bridgehead atoms. The molecule has 0 aliphatic carbocycles. The van der Waals surface area contributed by atoms with E-state index in [-0.39, 0.29) is 24.9 Å². The summed E-state index contributed by atoms with van der Waals surface area (Å²) in [5.41, 5.74) is 1.77. The van der Waals surface area contributed by atoms with Gasteiger partial charge in [0.15, 0.2) is 5.78 Å². The Labute approximate surface area is 146 Å². The maximum absolute atomic E-state index is 12.5. The van der Waals surface area contributed by atoms with Gasteiger partial charge in [-0.05, 0) is 29.3 Å². The predicted molar refractivity (Wildman–Crippen MR) is 93.0 cm³/mol. The fraction of sp³-hybridized carbons (Fsp3) is 0.200. The number of hydrogen-bond donors (Lipinski definition) is 0. The van der Waals surface area contributed by atoms with Gasteiger partial charge in [0, 0.05) is 12.6 Å². The van der Waals surface area contributed by atoms with E-state index in [4.69, 9.17) is 9.47 Å². The molecule has 0 saturated heterocycles. The van der Waals surface area contributed by atoms with Crippen molar-refractivity contribution in [3.8, 4) is 5.75 Å². The number of rotatable bonds is 4. The molecule has 0 spiro atoms. The van der Waals surface area contributed by atoms with E-state index in [1.165, 1.54) is 17.2 Å². The van der Waals surface area contributed by atoms with Crippen molar-refractivity contribution in [3.63, 3.8) is 0 Å². The zero-order chi connectivity index (χ0) is 17.6. The lowest BCUT2D eigenvalue weighted by molar-refractivity contribution is -0.116. The van der Waals surface area contributed by atoms with Crippen LogP contribution in [0.4, 0.5) is 4.79 Å². The van der Waals surface area contributed by atoms with Crippen LogP contribution in [0.3, 0.4) is 0 Å². The van der Waals surface area contributed by atoms with Crippen LogP contribution in [0.25, 0.3) is 0 Å². The number of allylic oxidation sites excluding steroid dienone is 1. The van der Waals surface area contributed by atoms with E-state index in [0.717, 1.165) is 16.9 Å². The van der Waals surface area contributed by atoms with Gasteiger partial charge in [-0.3, -0.25) is 9.69 Å². The van der Waals surface area contributed by atoms with Gasteiger partial charge in [-0.1, -0.05) is 42.5 Å². The summed E-state index contributed by atoms with van der Waals surface area (Å²) in [6.45, 7) is 0.188. The Bertz CT molecular complexity index is 768. The van der Waals surface area contributed by atoms with E-state index in [1.807, 2.05) is 54.6 Å². The molecule has 1 aliphatic heterocycles. The van der Waals surface area contributed by atoms with Crippen LogP contribution in [0.15, 0.2) is 66.9 Å². The van der Waals surface area contributed by atoms with E-state index in [0.29, 0.717) is 0 Å². The zero-order valence-electron chi connectivity index (χ0n) is 13.9. The third-order valence-electron chi connectivity index (χ3n) is 4.07. The third-order valence-corrected chi connectivity index (χ3v) is 4.07. The van der Waals surface area contributed by atoms with Gasteiger partial charge in [-0.15, -0.1) is 0 Å². The first kappa shape index (κ1) is 16.8. The van der Waals surface area contributed by atoms with Crippen LogP contribution in [-0.4, -0.2) is 23.9 Å². The first-order chi connectivity index (χ1) is 12.2. The summed E-state index contributed by atoms with van der Waals surface area (Å²) in [5.74, 6) is 0.701. The summed E-state index contributed by atoms with van der Waals surface area (Å²) in [4.78, 5) is 25.8. The Morgan fingerprint density at radius 2 is 1.84 bits per heavy atom. The molecule has 128 valence electrons. The normalized spacial score (nSPS) is 16.6. The van der Waals surface area contributed by atoms with Crippen molar-refractivity contribution >= 4 is 11.9 Å². The second-order valence-electron chi connectivity index (χ2n) is 5.72. The molecule has 3 rings (SSSR count). The van der Waals surface area contributed by atoms with Crippen LogP contribution in [0.2, 0.25) is 0 Å². The minimum atomic E-state index is -0.478. The Hall–Kier alpha value is -3.08. The van der Waals surface area contributed by atoms with Crippen LogP contribution in [-0.2, 0) is 16.1 Å². The monoisotopic (exact) mass is 337 g/mol. The van der Waals surface area contributed by atoms with Crippen molar-refractivity contribution in [2.45, 2.75) is 19.1 Å². The fourth-order valence-corrected chi connectivity index (χ4v) is 2.71. The minimum Gasteiger partial charge on any atom is -0.497 e. The fourth-order valence-electron chi connectivity index (χ4n) is 2.71. The Balaban J connectivity index is 1.75. The molecular formula is C20H19NO4. The highest BCUT2D eigenvalue weighted by molar-refractivity contribution is 5.92. The molecule has 0 N–H and O–H groups in total. The summed E-state index contributed by atoms with van der Waals surface area (Å²) in [6.07, 6.45) is 2.65. The second kappa shape index (κ2) is 7.66. The number of benzene rings is 2. The molecule has 1 amide bonds. The molecule has 5 heteroatoms. The van der Waals surface area contributed by atoms with Gasteiger partial charge in [0.1, 0.15) is 12.4 Å². The summed E-state index contributed by atoms with van der Waals surface area (Å²) < 4.78 is 10.6. The van der Waals surface area contributed by atoms with Crippen LogP contribution in [0, 0.1) is 0 Å². The summed E-state index contributed by atoms with van der Waals surface area (Å²) in [5, 5.41) is 0. The highest BCUT2D eigenvalue weighted by Gasteiger charge is 2.29. The zero-order valence-corrected chi connectivity index (χ0v) is 13.9. The van der Waals surface area contributed by atoms with Crippen molar-refractivity contribution in [2.75, 3.05) is 7.11 Å². The maximum atomic E-state index is 12.5. The maximum Gasteiger partial charge on any atom is 0.414 e. The summed E-state index contributed by atoms with van der Waals surface area (Å²) >= 11 is 0. The lowest BCUT2D eigenvalue weighted by atomic mass is 9.97. The van der Waals surface area contributed by atoms with E-state index in [9.17, 15) is 9.59 Å². The molecule has 0 fully saturated rings. The quantitative estimate of drug-likeness (QED) is 0.850. The number of ketones is 1. The largest absolute Gasteiger partial charge is 0.497 e. The van der Waals surface area contributed by atoms with Gasteiger partial charge in [0.2, 0.25) is 0 Å². The lowest BCUT2D eigenvalue weighted by Gasteiger charge is -2.30. The van der Waals surface area contributed by atoms with Crippen molar-refractivity contribution < 1.29 is 19.1 Å². The molecule has 0 aromatic heterocycles. The van der Waals surface area contributed by atoms with E-state index < -0.39 is 6.09 Å². The number of amides is 1. The predicted octanol–water partition coefficient (Wildman–Crippen LogP) is 3.86. The SMILES string of the molecule is COc1ccc(C2CC(=O)C=CN2C(=O)OCc2ccccc2)cc1. The molecular weight excluding hydrogens is 318 g/mol. The van der Waals surface area contributed by atoms with Crippen LogP contribution in [0.1, 0.15) is 23.6 Å². The first-order valence-electron chi connectivity index (χ1n) is 8.01. The number of methoxy groups -OCH3 is 1. The number of carbonyl (C=O) groups is 2. The Morgan fingerprint density at radius 3 is 2.52 bits per heavy atom. The molecule has 0 radical (unpaired) electrons. The average Bonchev–Trinajstić information content (AvgIpc) is 2.67. The Kier molecular flexibility index (Phi) is 5.14. The lowest BCUT2D eigenvalue weighted by Crippen LogP contribution is -2.34. The van der Waals surface area contributed by atoms with Gasteiger partial charge >= 0.3 is 6.09 Å². The van der Waals surface area contributed by atoms with E-state index in [1.54, 1.807) is 7.11 Å². The van der Waals surface area contributed by atoms with Gasteiger partial charge in [0.25, 0.3) is 0 Å². The van der Waals surface area contributed by atoms with E-state index in [2.05, 4.69) is 0 Å². The second-order valence-corrected chi connectivity index (χ2v) is 5.72. The van der Waals surface area contributed by atoms with Crippen molar-refractivity contribution in [3.05, 3.63) is 78.0 Å². The topological polar surface area (TPSA) is 55.8 Å². The van der Waals surface area contributed by atoms with Crippen molar-refractivity contribution in [1.82, 2.24) is 4.90 Å². The van der Waals surface area contributed by atoms with Gasteiger partial charge in [-0.25, -0.2) is 4.79 Å². The number of nitrogens with zero attached hydrogens (tertiary/aromatic N) is 1. The molecule has 2 aromatic rings. The van der Waals surface area contributed by atoms with Gasteiger partial charge < -0.3 is 9.47 Å². The van der Waals surface area contributed by atoms with Crippen molar-refractivity contribution in [1.29, 1.82) is 0 Å². The molecule has 0 saturated carbocycles. The van der Waals surface area contributed by atoms with E-state index >= 15 is 0 Å². The third kappa shape index (κ3) is 4.07. The summed E-state index contributed by atoms with van der Waals surface area (Å²) in [6, 6.07) is 16.4. The highest BCUT2D eigenvalue weighted by atomic mass is 16.6. The summed E-state index contributed by atoms with van der Waals surface area (Å²) in [7, 11) is 1.59. The molecule has 1 aliphatic rings. The van der Waals surface area contributed by atoms with Crippen molar-refractivity contribution in [2.24, 2.45) is 0 Å². The average molecular weight is 337 g/mol. The Morgan fingerprint density at radius 1 is 1.12 bits per heavy atom. The first-order valence-corrected chi connectivity index (χ1v) is 8.01. The minimum absolute atomic E-state index is 0.0204. The number of ether oxygens (including phenoxy) is 2. The smallest absolute Gasteiger partial charge is 0.414 e. The molecule has 25 heavy (non-hydrogen) atoms. The molecule has 1 atom stereocenters. The highest BCUT2D eigenvalue weighted by Crippen LogP contribution is 2.30. The molecule has 1 heterocycles.